The second-order valence-corrected chi connectivity index (χ2v) is 5.80. The molecule has 0 bridgehead atoms. The van der Waals surface area contributed by atoms with Crippen LogP contribution in [0.3, 0.4) is 0 Å². The van der Waals surface area contributed by atoms with E-state index in [-0.39, 0.29) is 13.1 Å². The lowest BCUT2D eigenvalue weighted by molar-refractivity contribution is -0.143. The van der Waals surface area contributed by atoms with Crippen molar-refractivity contribution in [3.8, 4) is 0 Å². The highest BCUT2D eigenvalue weighted by atomic mass is 32.1. The van der Waals surface area contributed by atoms with Crippen molar-refractivity contribution in [1.82, 2.24) is 9.80 Å². The van der Waals surface area contributed by atoms with Crippen molar-refractivity contribution < 1.29 is 14.4 Å². The molecule has 0 saturated carbocycles. The molecule has 0 atom stereocenters. The van der Waals surface area contributed by atoms with Crippen molar-refractivity contribution in [3.05, 3.63) is 47.9 Å². The monoisotopic (exact) mass is 300 g/mol. The molecule has 4 amide bonds. The fourth-order valence-corrected chi connectivity index (χ4v) is 3.30. The highest BCUT2D eigenvalue weighted by Crippen LogP contribution is 2.27. The van der Waals surface area contributed by atoms with E-state index in [1.54, 1.807) is 0 Å². The summed E-state index contributed by atoms with van der Waals surface area (Å²) in [7, 11) is 0. The minimum atomic E-state index is -0.791. The van der Waals surface area contributed by atoms with Crippen LogP contribution in [0.4, 0.5) is 4.79 Å². The van der Waals surface area contributed by atoms with Crippen LogP contribution < -0.4 is 0 Å². The Morgan fingerprint density at radius 2 is 1.81 bits per heavy atom. The third kappa shape index (κ3) is 2.23. The van der Waals surface area contributed by atoms with Crippen molar-refractivity contribution in [2.45, 2.75) is 6.54 Å². The number of carbonyl (C=O) groups is 3. The van der Waals surface area contributed by atoms with Crippen LogP contribution in [0.1, 0.15) is 4.88 Å². The van der Waals surface area contributed by atoms with Gasteiger partial charge in [-0.1, -0.05) is 24.3 Å². The Hall–Kier alpha value is -2.47. The summed E-state index contributed by atoms with van der Waals surface area (Å²) in [6.45, 7) is 3.65. The number of nitrogens with zero attached hydrogens (tertiary/aromatic N) is 2. The Balaban J connectivity index is 1.87. The van der Waals surface area contributed by atoms with E-state index in [1.807, 2.05) is 30.3 Å². The number of hydrogen-bond donors (Lipinski definition) is 0. The van der Waals surface area contributed by atoms with Crippen LogP contribution in [0.25, 0.3) is 10.1 Å². The quantitative estimate of drug-likeness (QED) is 0.495. The molecule has 1 aromatic heterocycles. The summed E-state index contributed by atoms with van der Waals surface area (Å²) in [6, 6.07) is 9.16. The molecule has 0 radical (unpaired) electrons. The van der Waals surface area contributed by atoms with Crippen LogP contribution in [0.15, 0.2) is 43.0 Å². The van der Waals surface area contributed by atoms with Gasteiger partial charge < -0.3 is 0 Å². The zero-order valence-corrected chi connectivity index (χ0v) is 11.9. The molecular weight excluding hydrogens is 288 g/mol. The predicted octanol–water partition coefficient (Wildman–Crippen LogP) is 2.38. The average Bonchev–Trinajstić information content (AvgIpc) is 2.97. The van der Waals surface area contributed by atoms with E-state index in [0.717, 1.165) is 24.8 Å². The Kier molecular flexibility index (Phi) is 3.31. The van der Waals surface area contributed by atoms with E-state index in [2.05, 4.69) is 6.58 Å². The molecule has 1 aliphatic heterocycles. The molecule has 2 heterocycles. The topological polar surface area (TPSA) is 57.7 Å². The summed E-state index contributed by atoms with van der Waals surface area (Å²) < 4.78 is 1.08. The highest BCUT2D eigenvalue weighted by molar-refractivity contribution is 7.19. The average molecular weight is 300 g/mol. The molecule has 0 aliphatic carbocycles. The predicted molar refractivity (Wildman–Crippen MR) is 79.7 cm³/mol. The van der Waals surface area contributed by atoms with Gasteiger partial charge in [0.1, 0.15) is 0 Å². The van der Waals surface area contributed by atoms with E-state index < -0.39 is 17.8 Å². The summed E-state index contributed by atoms with van der Waals surface area (Å²) in [5, 5.41) is 1.06. The molecule has 1 aliphatic rings. The Bertz CT molecular complexity index is 732. The zero-order chi connectivity index (χ0) is 15.0. The lowest BCUT2D eigenvalue weighted by atomic mass is 10.2. The summed E-state index contributed by atoms with van der Waals surface area (Å²) in [6.07, 6.45) is 1.42. The molecule has 0 unspecified atom stereocenters. The Morgan fingerprint density at radius 3 is 2.52 bits per heavy atom. The number of carbonyl (C=O) groups excluding carboxylic acids is 3. The van der Waals surface area contributed by atoms with Gasteiger partial charge in [0.2, 0.25) is 0 Å². The largest absolute Gasteiger partial charge is 0.334 e. The molecule has 6 heteroatoms. The summed E-state index contributed by atoms with van der Waals surface area (Å²) in [4.78, 5) is 38.5. The second kappa shape index (κ2) is 5.14. The molecule has 5 nitrogen and oxygen atoms in total. The van der Waals surface area contributed by atoms with Gasteiger partial charge in [0, 0.05) is 16.1 Å². The second-order valence-electron chi connectivity index (χ2n) is 4.63. The lowest BCUT2D eigenvalue weighted by Crippen LogP contribution is -2.32. The molecule has 0 spiro atoms. The van der Waals surface area contributed by atoms with Crippen molar-refractivity contribution in [2.24, 2.45) is 0 Å². The number of thiophene rings is 1. The summed E-state index contributed by atoms with van der Waals surface area (Å²) in [5.41, 5.74) is 0. The summed E-state index contributed by atoms with van der Waals surface area (Å²) >= 11 is 1.51. The molecule has 1 fully saturated rings. The number of urea groups is 1. The van der Waals surface area contributed by atoms with Crippen LogP contribution in [0.5, 0.6) is 0 Å². The smallest absolute Gasteiger partial charge is 0.263 e. The minimum Gasteiger partial charge on any atom is -0.263 e. The van der Waals surface area contributed by atoms with Gasteiger partial charge in [0.15, 0.2) is 0 Å². The first-order chi connectivity index (χ1) is 10.1. The third-order valence-electron chi connectivity index (χ3n) is 3.24. The van der Waals surface area contributed by atoms with Gasteiger partial charge in [0.25, 0.3) is 0 Å². The number of hydrogen-bond acceptors (Lipinski definition) is 4. The first kappa shape index (κ1) is 13.5. The van der Waals surface area contributed by atoms with Gasteiger partial charge in [-0.25, -0.2) is 4.79 Å². The Labute approximate surface area is 125 Å². The molecule has 21 heavy (non-hydrogen) atoms. The van der Waals surface area contributed by atoms with Crippen LogP contribution in [0.2, 0.25) is 0 Å². The van der Waals surface area contributed by atoms with Crippen molar-refractivity contribution in [1.29, 1.82) is 0 Å². The van der Waals surface area contributed by atoms with Crippen molar-refractivity contribution in [3.63, 3.8) is 0 Å². The number of fused-ring (bicyclic) bond motifs is 1. The normalized spacial score (nSPS) is 15.3. The number of imide groups is 2. The molecule has 0 N–H and O–H groups in total. The fraction of sp³-hybridized carbons (Fsp3) is 0.133. The molecule has 1 aromatic carbocycles. The highest BCUT2D eigenvalue weighted by Gasteiger charge is 2.43. The number of rotatable bonds is 4. The molecule has 2 aromatic rings. The number of benzene rings is 1. The zero-order valence-electron chi connectivity index (χ0n) is 11.1. The van der Waals surface area contributed by atoms with Crippen LogP contribution in [0, 0.1) is 0 Å². The van der Waals surface area contributed by atoms with E-state index >= 15 is 0 Å². The van der Waals surface area contributed by atoms with Gasteiger partial charge in [0.05, 0.1) is 6.54 Å². The minimum absolute atomic E-state index is 0.0479. The maximum atomic E-state index is 12.1. The SMILES string of the molecule is C=CCN1C(=O)C(=O)N(Cc2cc3ccccc3s2)C1=O. The van der Waals surface area contributed by atoms with E-state index in [0.29, 0.717) is 0 Å². The van der Waals surface area contributed by atoms with Gasteiger partial charge in [-0.15, -0.1) is 17.9 Å². The van der Waals surface area contributed by atoms with Gasteiger partial charge in [-0.05, 0) is 17.5 Å². The third-order valence-corrected chi connectivity index (χ3v) is 4.34. The van der Waals surface area contributed by atoms with Crippen LogP contribution in [-0.4, -0.2) is 34.2 Å². The molecule has 1 saturated heterocycles. The van der Waals surface area contributed by atoms with Gasteiger partial charge >= 0.3 is 17.8 Å². The lowest BCUT2D eigenvalue weighted by Gasteiger charge is -2.12. The van der Waals surface area contributed by atoms with E-state index in [9.17, 15) is 14.4 Å². The van der Waals surface area contributed by atoms with Crippen LogP contribution in [-0.2, 0) is 16.1 Å². The van der Waals surface area contributed by atoms with E-state index in [1.165, 1.54) is 17.4 Å². The number of amides is 4. The first-order valence-corrected chi connectivity index (χ1v) is 7.19. The molecular formula is C15H12N2O3S. The van der Waals surface area contributed by atoms with Crippen LogP contribution >= 0.6 is 11.3 Å². The molecule has 106 valence electrons. The maximum absolute atomic E-state index is 12.1. The fourth-order valence-electron chi connectivity index (χ4n) is 2.25. The van der Waals surface area contributed by atoms with E-state index in [4.69, 9.17) is 0 Å². The summed E-state index contributed by atoms with van der Waals surface area (Å²) in [5.74, 6) is -1.57. The van der Waals surface area contributed by atoms with Crippen molar-refractivity contribution in [2.75, 3.05) is 6.54 Å². The Morgan fingerprint density at radius 1 is 1.10 bits per heavy atom. The maximum Gasteiger partial charge on any atom is 0.334 e. The van der Waals surface area contributed by atoms with Crippen molar-refractivity contribution >= 4 is 39.3 Å². The van der Waals surface area contributed by atoms with Gasteiger partial charge in [-0.3, -0.25) is 19.4 Å². The van der Waals surface area contributed by atoms with Gasteiger partial charge in [-0.2, -0.15) is 0 Å². The standard InChI is InChI=1S/C15H12N2O3S/c1-2-7-16-13(18)14(19)17(15(16)20)9-11-8-10-5-3-4-6-12(10)21-11/h2-6,8H,1,7,9H2. The molecule has 3 rings (SSSR count). The first-order valence-electron chi connectivity index (χ1n) is 6.37.